The van der Waals surface area contributed by atoms with E-state index in [4.69, 9.17) is 0 Å². The van der Waals surface area contributed by atoms with Crippen LogP contribution in [0.1, 0.15) is 5.56 Å². The molecule has 3 aromatic heterocycles. The van der Waals surface area contributed by atoms with E-state index in [1.165, 1.54) is 0 Å². The van der Waals surface area contributed by atoms with E-state index >= 15 is 0 Å². The molecule has 0 aliphatic rings. The second-order valence-electron chi connectivity index (χ2n) is 5.35. The van der Waals surface area contributed by atoms with Crippen LogP contribution in [0.25, 0.3) is 28.1 Å². The zero-order valence-corrected chi connectivity index (χ0v) is 13.9. The summed E-state index contributed by atoms with van der Waals surface area (Å²) < 4.78 is 29.8. The maximum absolute atomic E-state index is 14.0. The van der Waals surface area contributed by atoms with Crippen molar-refractivity contribution in [3.63, 3.8) is 0 Å². The molecule has 0 aliphatic carbocycles. The SMILES string of the molecule is Cc1c(-c2nc3ccc(Br)cn3n2)[nH]c2c(F)cc(F)cc2c1=O. The number of halogens is 3. The van der Waals surface area contributed by atoms with Crippen LogP contribution in [0.4, 0.5) is 8.78 Å². The van der Waals surface area contributed by atoms with E-state index in [1.807, 2.05) is 6.07 Å². The van der Waals surface area contributed by atoms with E-state index in [0.29, 0.717) is 16.9 Å². The van der Waals surface area contributed by atoms with Crippen molar-refractivity contribution in [2.24, 2.45) is 0 Å². The highest BCUT2D eigenvalue weighted by atomic mass is 79.9. The Hall–Kier alpha value is -2.61. The van der Waals surface area contributed by atoms with Gasteiger partial charge in [0.2, 0.25) is 0 Å². The van der Waals surface area contributed by atoms with Gasteiger partial charge in [-0.1, -0.05) is 0 Å². The van der Waals surface area contributed by atoms with Crippen LogP contribution in [-0.2, 0) is 0 Å². The number of aromatic nitrogens is 4. The molecule has 0 saturated heterocycles. The quantitative estimate of drug-likeness (QED) is 0.540. The van der Waals surface area contributed by atoms with Crippen molar-refractivity contribution in [3.8, 4) is 11.5 Å². The lowest BCUT2D eigenvalue weighted by atomic mass is 10.1. The molecule has 3 heterocycles. The Morgan fingerprint density at radius 1 is 1.25 bits per heavy atom. The van der Waals surface area contributed by atoms with Crippen molar-refractivity contribution >= 4 is 32.5 Å². The standard InChI is InChI=1S/C16H9BrF2N4O/c1-7-13(16-20-12-3-2-8(17)6-23(12)22-16)21-14-10(15(7)24)4-9(18)5-11(14)19/h2-6H,1H3,(H,21,24). The van der Waals surface area contributed by atoms with E-state index in [1.54, 1.807) is 23.7 Å². The van der Waals surface area contributed by atoms with Crippen LogP contribution in [0.2, 0.25) is 0 Å². The Bertz CT molecular complexity index is 1180. The van der Waals surface area contributed by atoms with Crippen molar-refractivity contribution in [1.29, 1.82) is 0 Å². The van der Waals surface area contributed by atoms with Crippen LogP contribution >= 0.6 is 15.9 Å². The predicted molar refractivity (Wildman–Crippen MR) is 88.9 cm³/mol. The molecule has 120 valence electrons. The first-order valence-corrected chi connectivity index (χ1v) is 7.77. The summed E-state index contributed by atoms with van der Waals surface area (Å²) in [4.78, 5) is 19.6. The molecule has 0 amide bonds. The zero-order valence-electron chi connectivity index (χ0n) is 12.3. The molecule has 5 nitrogen and oxygen atoms in total. The first-order chi connectivity index (χ1) is 11.4. The summed E-state index contributed by atoms with van der Waals surface area (Å²) in [5.74, 6) is -1.38. The number of rotatable bonds is 1. The maximum atomic E-state index is 14.0. The van der Waals surface area contributed by atoms with Gasteiger partial charge in [-0.2, -0.15) is 0 Å². The average Bonchev–Trinajstić information content (AvgIpc) is 2.94. The van der Waals surface area contributed by atoms with Crippen molar-refractivity contribution in [2.45, 2.75) is 6.92 Å². The fourth-order valence-corrected chi connectivity index (χ4v) is 2.93. The molecular formula is C16H9BrF2N4O. The highest BCUT2D eigenvalue weighted by Crippen LogP contribution is 2.23. The van der Waals surface area contributed by atoms with Crippen molar-refractivity contribution in [1.82, 2.24) is 19.6 Å². The van der Waals surface area contributed by atoms with Gasteiger partial charge in [-0.05, 0) is 41.1 Å². The summed E-state index contributed by atoms with van der Waals surface area (Å²) in [6.45, 7) is 1.57. The van der Waals surface area contributed by atoms with E-state index < -0.39 is 17.1 Å². The van der Waals surface area contributed by atoms with Gasteiger partial charge in [-0.25, -0.2) is 18.3 Å². The van der Waals surface area contributed by atoms with Crippen LogP contribution in [-0.4, -0.2) is 19.6 Å². The minimum absolute atomic E-state index is 0.0414. The lowest BCUT2D eigenvalue weighted by Crippen LogP contribution is -2.11. The van der Waals surface area contributed by atoms with Crippen molar-refractivity contribution in [3.05, 3.63) is 62.4 Å². The molecular weight excluding hydrogens is 382 g/mol. The van der Waals surface area contributed by atoms with Crippen LogP contribution in [0, 0.1) is 18.6 Å². The molecule has 1 N–H and O–H groups in total. The van der Waals surface area contributed by atoms with Crippen molar-refractivity contribution < 1.29 is 8.78 Å². The monoisotopic (exact) mass is 390 g/mol. The summed E-state index contributed by atoms with van der Waals surface area (Å²) in [5.41, 5.74) is 0.646. The molecule has 0 fully saturated rings. The van der Waals surface area contributed by atoms with Gasteiger partial charge in [-0.15, -0.1) is 5.10 Å². The average molecular weight is 391 g/mol. The first-order valence-electron chi connectivity index (χ1n) is 6.98. The summed E-state index contributed by atoms with van der Waals surface area (Å²) >= 11 is 3.34. The fourth-order valence-electron chi connectivity index (χ4n) is 2.60. The van der Waals surface area contributed by atoms with Crippen LogP contribution < -0.4 is 5.43 Å². The van der Waals surface area contributed by atoms with E-state index in [-0.39, 0.29) is 16.7 Å². The Kier molecular flexibility index (Phi) is 3.24. The molecule has 8 heteroatoms. The van der Waals surface area contributed by atoms with Gasteiger partial charge in [0.1, 0.15) is 11.6 Å². The third kappa shape index (κ3) is 2.22. The van der Waals surface area contributed by atoms with Gasteiger partial charge < -0.3 is 4.98 Å². The van der Waals surface area contributed by atoms with Crippen LogP contribution in [0.5, 0.6) is 0 Å². The van der Waals surface area contributed by atoms with Gasteiger partial charge in [0, 0.05) is 22.3 Å². The van der Waals surface area contributed by atoms with Crippen molar-refractivity contribution in [2.75, 3.05) is 0 Å². The Morgan fingerprint density at radius 2 is 2.04 bits per heavy atom. The normalized spacial score (nSPS) is 11.5. The van der Waals surface area contributed by atoms with Gasteiger partial charge in [0.25, 0.3) is 0 Å². The Labute approximate surface area is 142 Å². The van der Waals surface area contributed by atoms with Crippen LogP contribution in [0.3, 0.4) is 0 Å². The van der Waals surface area contributed by atoms with E-state index in [2.05, 4.69) is 31.0 Å². The van der Waals surface area contributed by atoms with Crippen LogP contribution in [0.15, 0.2) is 39.7 Å². The molecule has 24 heavy (non-hydrogen) atoms. The Morgan fingerprint density at radius 3 is 2.83 bits per heavy atom. The van der Waals surface area contributed by atoms with Gasteiger partial charge in [-0.3, -0.25) is 4.79 Å². The second kappa shape index (κ2) is 5.20. The van der Waals surface area contributed by atoms with Gasteiger partial charge in [0.05, 0.1) is 16.6 Å². The lowest BCUT2D eigenvalue weighted by Gasteiger charge is -2.06. The summed E-state index contributed by atoms with van der Waals surface area (Å²) in [6.07, 6.45) is 1.72. The third-order valence-electron chi connectivity index (χ3n) is 3.78. The molecule has 0 unspecified atom stereocenters. The number of hydrogen-bond acceptors (Lipinski definition) is 3. The Balaban J connectivity index is 2.05. The predicted octanol–water partition coefficient (Wildman–Crippen LogP) is 3.59. The number of aromatic amines is 1. The second-order valence-corrected chi connectivity index (χ2v) is 6.27. The summed E-state index contributed by atoms with van der Waals surface area (Å²) in [7, 11) is 0. The first kappa shape index (κ1) is 14.9. The molecule has 1 aromatic carbocycles. The smallest absolute Gasteiger partial charge is 0.198 e. The van der Waals surface area contributed by atoms with E-state index in [9.17, 15) is 13.6 Å². The molecule has 0 spiro atoms. The minimum atomic E-state index is -0.838. The molecule has 0 radical (unpaired) electrons. The molecule has 0 saturated carbocycles. The number of nitrogens with one attached hydrogen (secondary N) is 1. The molecule has 4 rings (SSSR count). The minimum Gasteiger partial charge on any atom is -0.349 e. The number of pyridine rings is 2. The number of fused-ring (bicyclic) bond motifs is 2. The fraction of sp³-hybridized carbons (Fsp3) is 0.0625. The zero-order chi connectivity index (χ0) is 17.0. The lowest BCUT2D eigenvalue weighted by molar-refractivity contribution is 0.590. The number of nitrogens with zero attached hydrogens (tertiary/aromatic N) is 3. The third-order valence-corrected chi connectivity index (χ3v) is 4.25. The molecule has 0 bridgehead atoms. The highest BCUT2D eigenvalue weighted by molar-refractivity contribution is 9.10. The molecule has 0 atom stereocenters. The highest BCUT2D eigenvalue weighted by Gasteiger charge is 2.17. The number of H-pyrrole nitrogens is 1. The van der Waals surface area contributed by atoms with Gasteiger partial charge in [0.15, 0.2) is 16.9 Å². The van der Waals surface area contributed by atoms with E-state index in [0.717, 1.165) is 16.6 Å². The largest absolute Gasteiger partial charge is 0.349 e. The van der Waals surface area contributed by atoms with Gasteiger partial charge >= 0.3 is 0 Å². The molecule has 0 aliphatic heterocycles. The molecule has 4 aromatic rings. The topological polar surface area (TPSA) is 63.1 Å². The number of hydrogen-bond donors (Lipinski definition) is 1. The summed E-state index contributed by atoms with van der Waals surface area (Å²) in [5, 5.41) is 4.27. The summed E-state index contributed by atoms with van der Waals surface area (Å²) in [6, 6.07) is 5.31. The maximum Gasteiger partial charge on any atom is 0.198 e. The number of benzene rings is 1.